The summed E-state index contributed by atoms with van der Waals surface area (Å²) in [5, 5.41) is 1.17. The van der Waals surface area contributed by atoms with Gasteiger partial charge in [-0.05, 0) is 24.3 Å². The van der Waals surface area contributed by atoms with E-state index in [2.05, 4.69) is 24.8 Å². The van der Waals surface area contributed by atoms with Gasteiger partial charge in [0.15, 0.2) is 0 Å². The van der Waals surface area contributed by atoms with Gasteiger partial charge in [0.1, 0.15) is 11.3 Å². The molecule has 3 heteroatoms. The third kappa shape index (κ3) is 2.60. The maximum atomic E-state index is 6.04. The summed E-state index contributed by atoms with van der Waals surface area (Å²) in [6.45, 7) is 8.42. The highest BCUT2D eigenvalue weighted by Gasteiger charge is 2.24. The molecule has 1 aliphatic heterocycles. The van der Waals surface area contributed by atoms with Crippen LogP contribution in [0.4, 0.5) is 0 Å². The Kier molecular flexibility index (Phi) is 3.81. The lowest BCUT2D eigenvalue weighted by atomic mass is 9.92. The number of hydrogen-bond donors (Lipinski definition) is 1. The Labute approximate surface area is 120 Å². The highest BCUT2D eigenvalue weighted by atomic mass is 16.3. The number of piperidine rings is 1. The smallest absolute Gasteiger partial charge is 0.134 e. The van der Waals surface area contributed by atoms with Crippen LogP contribution in [0.25, 0.3) is 11.0 Å². The van der Waals surface area contributed by atoms with E-state index in [1.165, 1.54) is 17.4 Å². The molecule has 0 amide bonds. The highest BCUT2D eigenvalue weighted by molar-refractivity contribution is 5.82. The van der Waals surface area contributed by atoms with Crippen molar-refractivity contribution in [2.45, 2.75) is 33.4 Å². The minimum absolute atomic E-state index is 0.547. The third-order valence-corrected chi connectivity index (χ3v) is 4.30. The monoisotopic (exact) mass is 272 g/mol. The Bertz CT molecular complexity index is 580. The molecule has 0 spiro atoms. The topological polar surface area (TPSA) is 42.4 Å². The largest absolute Gasteiger partial charge is 0.459 e. The highest BCUT2D eigenvalue weighted by Crippen LogP contribution is 2.28. The zero-order valence-electron chi connectivity index (χ0n) is 12.4. The molecule has 1 aromatic carbocycles. The first-order chi connectivity index (χ1) is 9.67. The number of hydrogen-bond acceptors (Lipinski definition) is 3. The lowest BCUT2D eigenvalue weighted by Gasteiger charge is -2.34. The van der Waals surface area contributed by atoms with Gasteiger partial charge in [0.2, 0.25) is 0 Å². The lowest BCUT2D eigenvalue weighted by molar-refractivity contribution is 0.126. The molecular formula is C17H24N2O. The Hall–Kier alpha value is -1.32. The molecular weight excluding hydrogens is 248 g/mol. The minimum Gasteiger partial charge on any atom is -0.459 e. The number of benzene rings is 1. The second-order valence-corrected chi connectivity index (χ2v) is 6.34. The van der Waals surface area contributed by atoms with E-state index in [1.807, 2.05) is 18.2 Å². The van der Waals surface area contributed by atoms with Crippen molar-refractivity contribution in [3.63, 3.8) is 0 Å². The van der Waals surface area contributed by atoms with E-state index in [4.69, 9.17) is 10.2 Å². The number of nitrogens with two attached hydrogens (primary N) is 1. The first kappa shape index (κ1) is 13.7. The van der Waals surface area contributed by atoms with Gasteiger partial charge in [-0.3, -0.25) is 4.90 Å². The molecule has 2 aromatic rings. The van der Waals surface area contributed by atoms with Crippen LogP contribution in [0.5, 0.6) is 0 Å². The van der Waals surface area contributed by atoms with Crippen molar-refractivity contribution in [1.82, 2.24) is 4.90 Å². The van der Waals surface area contributed by atoms with E-state index >= 15 is 0 Å². The standard InChI is InChI=1S/C17H24N2O/c1-12-7-13(2)10-19(9-12)11-17-15(8-18)14-5-3-4-6-16(14)20-17/h3-6,12-13H,7-11,18H2,1-2H3. The van der Waals surface area contributed by atoms with E-state index in [1.54, 1.807) is 0 Å². The third-order valence-electron chi connectivity index (χ3n) is 4.30. The molecule has 0 bridgehead atoms. The van der Waals surface area contributed by atoms with Crippen LogP contribution in [-0.4, -0.2) is 18.0 Å². The predicted molar refractivity (Wildman–Crippen MR) is 82.3 cm³/mol. The maximum Gasteiger partial charge on any atom is 0.134 e. The van der Waals surface area contributed by atoms with Crippen LogP contribution >= 0.6 is 0 Å². The van der Waals surface area contributed by atoms with Crippen molar-refractivity contribution < 1.29 is 4.42 Å². The zero-order valence-corrected chi connectivity index (χ0v) is 12.4. The molecule has 2 unspecified atom stereocenters. The van der Waals surface area contributed by atoms with Crippen molar-refractivity contribution >= 4 is 11.0 Å². The van der Waals surface area contributed by atoms with E-state index in [-0.39, 0.29) is 0 Å². The van der Waals surface area contributed by atoms with Gasteiger partial charge in [-0.1, -0.05) is 32.0 Å². The number of likely N-dealkylation sites (tertiary alicyclic amines) is 1. The van der Waals surface area contributed by atoms with Crippen molar-refractivity contribution in [3.05, 3.63) is 35.6 Å². The number of fused-ring (bicyclic) bond motifs is 1. The minimum atomic E-state index is 0.547. The molecule has 0 radical (unpaired) electrons. The van der Waals surface area contributed by atoms with Crippen molar-refractivity contribution in [3.8, 4) is 0 Å². The average Bonchev–Trinajstić information content (AvgIpc) is 2.74. The van der Waals surface area contributed by atoms with Crippen LogP contribution in [0.2, 0.25) is 0 Å². The lowest BCUT2D eigenvalue weighted by Crippen LogP contribution is -2.38. The van der Waals surface area contributed by atoms with Gasteiger partial charge in [-0.15, -0.1) is 0 Å². The van der Waals surface area contributed by atoms with Gasteiger partial charge >= 0.3 is 0 Å². The molecule has 1 fully saturated rings. The number of para-hydroxylation sites is 1. The van der Waals surface area contributed by atoms with E-state index < -0.39 is 0 Å². The molecule has 2 atom stereocenters. The molecule has 2 heterocycles. The van der Waals surface area contributed by atoms with Crippen LogP contribution in [0.3, 0.4) is 0 Å². The second-order valence-electron chi connectivity index (χ2n) is 6.34. The van der Waals surface area contributed by atoms with Crippen LogP contribution in [0.15, 0.2) is 28.7 Å². The van der Waals surface area contributed by atoms with Crippen LogP contribution in [-0.2, 0) is 13.1 Å². The van der Waals surface area contributed by atoms with Gasteiger partial charge in [-0.2, -0.15) is 0 Å². The first-order valence-corrected chi connectivity index (χ1v) is 7.59. The van der Waals surface area contributed by atoms with Gasteiger partial charge in [0, 0.05) is 30.6 Å². The molecule has 3 nitrogen and oxygen atoms in total. The summed E-state index contributed by atoms with van der Waals surface area (Å²) in [4.78, 5) is 2.51. The van der Waals surface area contributed by atoms with Gasteiger partial charge < -0.3 is 10.2 Å². The summed E-state index contributed by atoms with van der Waals surface area (Å²) >= 11 is 0. The zero-order chi connectivity index (χ0) is 14.1. The Balaban J connectivity index is 1.86. The Morgan fingerprint density at radius 2 is 1.90 bits per heavy atom. The van der Waals surface area contributed by atoms with Crippen molar-refractivity contribution in [1.29, 1.82) is 0 Å². The summed E-state index contributed by atoms with van der Waals surface area (Å²) in [5.74, 6) is 2.59. The first-order valence-electron chi connectivity index (χ1n) is 7.59. The SMILES string of the molecule is CC1CC(C)CN(Cc2oc3ccccc3c2CN)C1. The normalized spacial score (nSPS) is 24.4. The molecule has 1 aliphatic rings. The molecule has 0 aliphatic carbocycles. The van der Waals surface area contributed by atoms with Gasteiger partial charge in [0.05, 0.1) is 6.54 Å². The molecule has 3 rings (SSSR count). The molecule has 1 aromatic heterocycles. The molecule has 20 heavy (non-hydrogen) atoms. The van der Waals surface area contributed by atoms with E-state index in [0.29, 0.717) is 6.54 Å². The molecule has 108 valence electrons. The van der Waals surface area contributed by atoms with Crippen LogP contribution < -0.4 is 5.73 Å². The quantitative estimate of drug-likeness (QED) is 0.931. The summed E-state index contributed by atoms with van der Waals surface area (Å²) in [7, 11) is 0. The fourth-order valence-electron chi connectivity index (χ4n) is 3.63. The summed E-state index contributed by atoms with van der Waals surface area (Å²) in [6.07, 6.45) is 1.33. The van der Waals surface area contributed by atoms with Crippen molar-refractivity contribution in [2.75, 3.05) is 13.1 Å². The summed E-state index contributed by atoms with van der Waals surface area (Å²) in [6, 6.07) is 8.19. The van der Waals surface area contributed by atoms with Gasteiger partial charge in [-0.25, -0.2) is 0 Å². The predicted octanol–water partition coefficient (Wildman–Crippen LogP) is 3.37. The van der Waals surface area contributed by atoms with E-state index in [0.717, 1.165) is 42.8 Å². The fraction of sp³-hybridized carbons (Fsp3) is 0.529. The van der Waals surface area contributed by atoms with Crippen molar-refractivity contribution in [2.24, 2.45) is 17.6 Å². The average molecular weight is 272 g/mol. The summed E-state index contributed by atoms with van der Waals surface area (Å²) < 4.78 is 6.04. The van der Waals surface area contributed by atoms with Crippen LogP contribution in [0.1, 0.15) is 31.6 Å². The number of rotatable bonds is 3. The van der Waals surface area contributed by atoms with Crippen LogP contribution in [0, 0.1) is 11.8 Å². The maximum absolute atomic E-state index is 6.04. The molecule has 0 saturated carbocycles. The number of furan rings is 1. The fourth-order valence-corrected chi connectivity index (χ4v) is 3.63. The van der Waals surface area contributed by atoms with E-state index in [9.17, 15) is 0 Å². The second kappa shape index (κ2) is 5.58. The Morgan fingerprint density at radius 1 is 1.20 bits per heavy atom. The molecule has 1 saturated heterocycles. The summed E-state index contributed by atoms with van der Waals surface area (Å²) in [5.41, 5.74) is 8.07. The van der Waals surface area contributed by atoms with Gasteiger partial charge in [0.25, 0.3) is 0 Å². The Morgan fingerprint density at radius 3 is 2.60 bits per heavy atom. The number of nitrogens with zero attached hydrogens (tertiary/aromatic N) is 1. The molecule has 2 N–H and O–H groups in total.